The summed E-state index contributed by atoms with van der Waals surface area (Å²) in [6.45, 7) is 3.04. The first-order valence-electron chi connectivity index (χ1n) is 5.79. The number of anilines is 1. The standard InChI is InChI=1S/C11H15FN4/c12-9-4-14-11(15-5-9)16-6-8-2-1-3-13-10(8)7-16/h4-5,8,10,13H,1-3,6-7H2. The fourth-order valence-electron chi connectivity index (χ4n) is 2.68. The van der Waals surface area contributed by atoms with Crippen molar-refractivity contribution in [1.29, 1.82) is 0 Å². The van der Waals surface area contributed by atoms with E-state index in [-0.39, 0.29) is 5.82 Å². The van der Waals surface area contributed by atoms with Gasteiger partial charge in [0.1, 0.15) is 0 Å². The van der Waals surface area contributed by atoms with Crippen LogP contribution in [0.3, 0.4) is 0 Å². The molecule has 2 aliphatic heterocycles. The second-order valence-corrected chi connectivity index (χ2v) is 4.57. The van der Waals surface area contributed by atoms with Gasteiger partial charge in [0.15, 0.2) is 5.82 Å². The van der Waals surface area contributed by atoms with Crippen LogP contribution in [0.25, 0.3) is 0 Å². The quantitative estimate of drug-likeness (QED) is 0.763. The third kappa shape index (κ3) is 1.75. The number of halogens is 1. The highest BCUT2D eigenvalue weighted by molar-refractivity contribution is 5.32. The van der Waals surface area contributed by atoms with E-state index in [2.05, 4.69) is 20.2 Å². The first-order valence-corrected chi connectivity index (χ1v) is 5.79. The summed E-state index contributed by atoms with van der Waals surface area (Å²) in [6.07, 6.45) is 4.99. The van der Waals surface area contributed by atoms with Gasteiger partial charge in [-0.1, -0.05) is 0 Å². The Bertz CT molecular complexity index is 353. The van der Waals surface area contributed by atoms with Crippen LogP contribution >= 0.6 is 0 Å². The maximum atomic E-state index is 12.7. The Kier molecular flexibility index (Phi) is 2.47. The molecule has 1 aromatic heterocycles. The largest absolute Gasteiger partial charge is 0.339 e. The molecule has 4 nitrogen and oxygen atoms in total. The lowest BCUT2D eigenvalue weighted by atomic mass is 9.94. The molecule has 0 amide bonds. The smallest absolute Gasteiger partial charge is 0.225 e. The average molecular weight is 222 g/mol. The number of hydrogen-bond donors (Lipinski definition) is 1. The van der Waals surface area contributed by atoms with E-state index in [0.29, 0.717) is 17.9 Å². The Morgan fingerprint density at radius 2 is 2.12 bits per heavy atom. The highest BCUT2D eigenvalue weighted by Crippen LogP contribution is 2.26. The lowest BCUT2D eigenvalue weighted by molar-refractivity contribution is 0.340. The molecular formula is C11H15FN4. The molecule has 86 valence electrons. The number of fused-ring (bicyclic) bond motifs is 1. The molecule has 16 heavy (non-hydrogen) atoms. The lowest BCUT2D eigenvalue weighted by Gasteiger charge is -2.24. The van der Waals surface area contributed by atoms with E-state index >= 15 is 0 Å². The predicted molar refractivity (Wildman–Crippen MR) is 58.7 cm³/mol. The lowest BCUT2D eigenvalue weighted by Crippen LogP contribution is -2.40. The van der Waals surface area contributed by atoms with Crippen LogP contribution in [0, 0.1) is 11.7 Å². The minimum atomic E-state index is -0.376. The third-order valence-corrected chi connectivity index (χ3v) is 3.49. The Balaban J connectivity index is 1.75. The van der Waals surface area contributed by atoms with Gasteiger partial charge < -0.3 is 10.2 Å². The molecule has 2 saturated heterocycles. The molecule has 3 rings (SSSR count). The SMILES string of the molecule is Fc1cnc(N2CC3CCCNC3C2)nc1. The van der Waals surface area contributed by atoms with Gasteiger partial charge in [0.05, 0.1) is 12.4 Å². The van der Waals surface area contributed by atoms with E-state index in [0.717, 1.165) is 19.6 Å². The molecular weight excluding hydrogens is 207 g/mol. The average Bonchev–Trinajstić information content (AvgIpc) is 2.73. The first-order chi connectivity index (χ1) is 7.83. The van der Waals surface area contributed by atoms with Gasteiger partial charge in [0.2, 0.25) is 5.95 Å². The summed E-state index contributed by atoms with van der Waals surface area (Å²) < 4.78 is 12.7. The van der Waals surface area contributed by atoms with Gasteiger partial charge in [-0.2, -0.15) is 0 Å². The fourth-order valence-corrected chi connectivity index (χ4v) is 2.68. The van der Waals surface area contributed by atoms with Crippen molar-refractivity contribution >= 4 is 5.95 Å². The molecule has 0 saturated carbocycles. The van der Waals surface area contributed by atoms with Gasteiger partial charge in [0, 0.05) is 19.1 Å². The maximum absolute atomic E-state index is 12.7. The number of rotatable bonds is 1. The van der Waals surface area contributed by atoms with E-state index in [1.54, 1.807) is 0 Å². The molecule has 3 heterocycles. The number of nitrogens with one attached hydrogen (secondary N) is 1. The predicted octanol–water partition coefficient (Wildman–Crippen LogP) is 0.804. The van der Waals surface area contributed by atoms with Crippen LogP contribution in [0.4, 0.5) is 10.3 Å². The maximum Gasteiger partial charge on any atom is 0.225 e. The van der Waals surface area contributed by atoms with Gasteiger partial charge in [-0.3, -0.25) is 0 Å². The molecule has 1 N–H and O–H groups in total. The van der Waals surface area contributed by atoms with E-state index in [4.69, 9.17) is 0 Å². The molecule has 2 unspecified atom stereocenters. The monoisotopic (exact) mass is 222 g/mol. The number of aromatic nitrogens is 2. The molecule has 0 radical (unpaired) electrons. The van der Waals surface area contributed by atoms with Crippen LogP contribution in [0.2, 0.25) is 0 Å². The van der Waals surface area contributed by atoms with Crippen molar-refractivity contribution in [3.8, 4) is 0 Å². The number of hydrogen-bond acceptors (Lipinski definition) is 4. The van der Waals surface area contributed by atoms with Crippen LogP contribution < -0.4 is 10.2 Å². The Labute approximate surface area is 93.9 Å². The first kappa shape index (κ1) is 9.96. The summed E-state index contributed by atoms with van der Waals surface area (Å²) in [7, 11) is 0. The summed E-state index contributed by atoms with van der Waals surface area (Å²) in [6, 6.07) is 0.558. The molecule has 2 fully saturated rings. The van der Waals surface area contributed by atoms with Gasteiger partial charge in [0.25, 0.3) is 0 Å². The van der Waals surface area contributed by atoms with E-state index in [9.17, 15) is 4.39 Å². The van der Waals surface area contributed by atoms with Crippen LogP contribution in [-0.2, 0) is 0 Å². The Morgan fingerprint density at radius 1 is 1.31 bits per heavy atom. The van der Waals surface area contributed by atoms with Crippen molar-refractivity contribution in [2.75, 3.05) is 24.5 Å². The van der Waals surface area contributed by atoms with Gasteiger partial charge >= 0.3 is 0 Å². The van der Waals surface area contributed by atoms with Crippen molar-refractivity contribution in [2.45, 2.75) is 18.9 Å². The van der Waals surface area contributed by atoms with Crippen molar-refractivity contribution in [3.63, 3.8) is 0 Å². The van der Waals surface area contributed by atoms with Gasteiger partial charge in [-0.15, -0.1) is 0 Å². The summed E-state index contributed by atoms with van der Waals surface area (Å²) >= 11 is 0. The van der Waals surface area contributed by atoms with Gasteiger partial charge in [-0.05, 0) is 25.3 Å². The zero-order valence-electron chi connectivity index (χ0n) is 9.06. The Hall–Kier alpha value is -1.23. The highest BCUT2D eigenvalue weighted by atomic mass is 19.1. The molecule has 1 aromatic rings. The molecule has 2 aliphatic rings. The summed E-state index contributed by atoms with van der Waals surface area (Å²) in [5, 5.41) is 3.52. The Morgan fingerprint density at radius 3 is 2.88 bits per heavy atom. The summed E-state index contributed by atoms with van der Waals surface area (Å²) in [4.78, 5) is 10.2. The van der Waals surface area contributed by atoms with E-state index < -0.39 is 0 Å². The normalized spacial score (nSPS) is 29.2. The van der Waals surface area contributed by atoms with Gasteiger partial charge in [-0.25, -0.2) is 14.4 Å². The highest BCUT2D eigenvalue weighted by Gasteiger charge is 2.35. The van der Waals surface area contributed by atoms with Crippen molar-refractivity contribution < 1.29 is 4.39 Å². The third-order valence-electron chi connectivity index (χ3n) is 3.49. The second-order valence-electron chi connectivity index (χ2n) is 4.57. The number of nitrogens with zero attached hydrogens (tertiary/aromatic N) is 3. The fraction of sp³-hybridized carbons (Fsp3) is 0.636. The minimum absolute atomic E-state index is 0.376. The van der Waals surface area contributed by atoms with E-state index in [1.807, 2.05) is 0 Å². The van der Waals surface area contributed by atoms with Crippen LogP contribution in [0.15, 0.2) is 12.4 Å². The topological polar surface area (TPSA) is 41.1 Å². The molecule has 2 atom stereocenters. The van der Waals surface area contributed by atoms with Crippen molar-refractivity contribution in [2.24, 2.45) is 5.92 Å². The molecule has 0 bridgehead atoms. The molecule has 0 aliphatic carbocycles. The second kappa shape index (κ2) is 3.97. The molecule has 0 spiro atoms. The zero-order chi connectivity index (χ0) is 11.0. The molecule has 0 aromatic carbocycles. The summed E-state index contributed by atoms with van der Waals surface area (Å²) in [5.41, 5.74) is 0. The molecule has 5 heteroatoms. The summed E-state index contributed by atoms with van der Waals surface area (Å²) in [5.74, 6) is 0.971. The van der Waals surface area contributed by atoms with Crippen LogP contribution in [0.5, 0.6) is 0 Å². The van der Waals surface area contributed by atoms with Crippen LogP contribution in [-0.4, -0.2) is 35.6 Å². The van der Waals surface area contributed by atoms with Crippen molar-refractivity contribution in [1.82, 2.24) is 15.3 Å². The van der Waals surface area contributed by atoms with Crippen molar-refractivity contribution in [3.05, 3.63) is 18.2 Å². The van der Waals surface area contributed by atoms with E-state index in [1.165, 1.54) is 25.2 Å². The minimum Gasteiger partial charge on any atom is -0.339 e. The number of piperidine rings is 1. The zero-order valence-corrected chi connectivity index (χ0v) is 9.06. The van der Waals surface area contributed by atoms with Crippen LogP contribution in [0.1, 0.15) is 12.8 Å².